The van der Waals surface area contributed by atoms with Crippen molar-refractivity contribution >= 4 is 41.4 Å². The molecule has 0 unspecified atom stereocenters. The topological polar surface area (TPSA) is 149 Å². The van der Waals surface area contributed by atoms with Crippen LogP contribution in [0, 0.1) is 0 Å². The van der Waals surface area contributed by atoms with Gasteiger partial charge < -0.3 is 19.7 Å². The maximum Gasteiger partial charge on any atom is 0.337 e. The number of aromatic carboxylic acids is 3. The van der Waals surface area contributed by atoms with Gasteiger partial charge in [0, 0.05) is 5.56 Å². The molecule has 0 spiro atoms. The van der Waals surface area contributed by atoms with Crippen LogP contribution in [0.5, 0.6) is 0 Å². The van der Waals surface area contributed by atoms with E-state index in [4.69, 9.17) is 31.3 Å². The largest absolute Gasteiger partial charge is 0.478 e. The fourth-order valence-electron chi connectivity index (χ4n) is 2.52. The quantitative estimate of drug-likeness (QED) is 0.324. The lowest BCUT2D eigenvalue weighted by molar-refractivity contribution is 0.0682. The first-order valence-corrected chi connectivity index (χ1v) is 8.66. The highest BCUT2D eigenvalue weighted by molar-refractivity contribution is 6.33. The van der Waals surface area contributed by atoms with Crippen LogP contribution >= 0.6 is 11.6 Å². The van der Waals surface area contributed by atoms with Gasteiger partial charge in [0.25, 0.3) is 0 Å². The van der Waals surface area contributed by atoms with Crippen molar-refractivity contribution in [3.63, 3.8) is 0 Å². The van der Waals surface area contributed by atoms with E-state index in [1.165, 1.54) is 30.5 Å². The van der Waals surface area contributed by atoms with Gasteiger partial charge in [0.05, 0.1) is 33.6 Å². The van der Waals surface area contributed by atoms with Crippen molar-refractivity contribution in [2.75, 3.05) is 5.43 Å². The summed E-state index contributed by atoms with van der Waals surface area (Å²) in [4.78, 5) is 33.6. The van der Waals surface area contributed by atoms with Gasteiger partial charge in [0.2, 0.25) is 0 Å². The van der Waals surface area contributed by atoms with Gasteiger partial charge in [-0.25, -0.2) is 14.4 Å². The molecule has 0 aliphatic carbocycles. The van der Waals surface area contributed by atoms with E-state index in [2.05, 4.69) is 10.5 Å². The van der Waals surface area contributed by atoms with Crippen LogP contribution in [0.15, 0.2) is 58.0 Å². The number of nitrogens with one attached hydrogen (secondary N) is 1. The van der Waals surface area contributed by atoms with Gasteiger partial charge in [-0.3, -0.25) is 5.43 Å². The Morgan fingerprint density at radius 1 is 0.900 bits per heavy atom. The minimum Gasteiger partial charge on any atom is -0.478 e. The number of anilines is 1. The van der Waals surface area contributed by atoms with E-state index >= 15 is 0 Å². The lowest BCUT2D eigenvalue weighted by Crippen LogP contribution is -2.02. The summed E-state index contributed by atoms with van der Waals surface area (Å²) in [6.45, 7) is 0. The molecule has 10 heteroatoms. The lowest BCUT2D eigenvalue weighted by atomic mass is 10.0. The number of rotatable bonds is 7. The first-order valence-electron chi connectivity index (χ1n) is 8.28. The smallest absolute Gasteiger partial charge is 0.337 e. The summed E-state index contributed by atoms with van der Waals surface area (Å²) in [7, 11) is 0. The van der Waals surface area contributed by atoms with Gasteiger partial charge in [-0.1, -0.05) is 11.6 Å². The molecule has 0 saturated carbocycles. The molecule has 30 heavy (non-hydrogen) atoms. The molecule has 0 bridgehead atoms. The Hall–Kier alpha value is -4.11. The fraction of sp³-hybridized carbons (Fsp3) is 0. The lowest BCUT2D eigenvalue weighted by Gasteiger charge is -2.03. The van der Waals surface area contributed by atoms with Crippen molar-refractivity contribution in [2.45, 2.75) is 0 Å². The summed E-state index contributed by atoms with van der Waals surface area (Å²) in [5, 5.41) is 31.4. The second-order valence-electron chi connectivity index (χ2n) is 5.98. The van der Waals surface area contributed by atoms with Crippen LogP contribution in [-0.2, 0) is 0 Å². The van der Waals surface area contributed by atoms with E-state index in [-0.39, 0.29) is 33.0 Å². The first kappa shape index (κ1) is 20.6. The standard InChI is InChI=1S/C20H13ClN2O7/c21-16-3-1-13(8-15(16)20(28)29)23-22-9-14-2-4-17(30-14)10-5-11(18(24)25)7-12(6-10)19(26)27/h1-9,23H,(H,24,25)(H,26,27)(H,28,29). The van der Waals surface area contributed by atoms with Gasteiger partial charge in [0.1, 0.15) is 11.5 Å². The third-order valence-corrected chi connectivity index (χ3v) is 4.25. The second-order valence-corrected chi connectivity index (χ2v) is 6.39. The molecule has 152 valence electrons. The number of hydrogen-bond acceptors (Lipinski definition) is 6. The van der Waals surface area contributed by atoms with Crippen LogP contribution in [0.25, 0.3) is 11.3 Å². The molecule has 0 aliphatic rings. The molecule has 0 amide bonds. The Bertz CT molecular complexity index is 1150. The zero-order valence-electron chi connectivity index (χ0n) is 15.0. The minimum atomic E-state index is -1.26. The highest BCUT2D eigenvalue weighted by Gasteiger charge is 2.14. The van der Waals surface area contributed by atoms with E-state index in [0.29, 0.717) is 11.4 Å². The molecule has 1 heterocycles. The van der Waals surface area contributed by atoms with Gasteiger partial charge in [-0.05, 0) is 48.5 Å². The Kier molecular flexibility index (Phi) is 5.84. The highest BCUT2D eigenvalue weighted by atomic mass is 35.5. The van der Waals surface area contributed by atoms with Crippen LogP contribution in [0.3, 0.4) is 0 Å². The molecule has 0 aliphatic heterocycles. The molecule has 3 rings (SSSR count). The van der Waals surface area contributed by atoms with E-state index in [1.807, 2.05) is 0 Å². The second kappa shape index (κ2) is 8.50. The van der Waals surface area contributed by atoms with Gasteiger partial charge >= 0.3 is 17.9 Å². The first-order chi connectivity index (χ1) is 14.2. The van der Waals surface area contributed by atoms with Crippen LogP contribution < -0.4 is 5.43 Å². The maximum atomic E-state index is 11.2. The molecule has 0 radical (unpaired) electrons. The third-order valence-electron chi connectivity index (χ3n) is 3.92. The van der Waals surface area contributed by atoms with E-state index in [0.717, 1.165) is 6.07 Å². The van der Waals surface area contributed by atoms with Crippen LogP contribution in [0.4, 0.5) is 5.69 Å². The average Bonchev–Trinajstić information content (AvgIpc) is 3.17. The Morgan fingerprint density at radius 3 is 2.17 bits per heavy atom. The summed E-state index contributed by atoms with van der Waals surface area (Å²) < 4.78 is 5.57. The van der Waals surface area contributed by atoms with Crippen LogP contribution in [0.2, 0.25) is 5.02 Å². The molecule has 9 nitrogen and oxygen atoms in total. The Labute approximate surface area is 173 Å². The Balaban J connectivity index is 1.80. The molecule has 3 aromatic rings. The maximum absolute atomic E-state index is 11.2. The zero-order chi connectivity index (χ0) is 21.8. The third kappa shape index (κ3) is 4.65. The summed E-state index contributed by atoms with van der Waals surface area (Å²) >= 11 is 5.81. The average molecular weight is 429 g/mol. The SMILES string of the molecule is O=C(O)c1cc(C(=O)O)cc(-c2ccc(C=NNc3ccc(Cl)c(C(=O)O)c3)o2)c1. The van der Waals surface area contributed by atoms with Crippen molar-refractivity contribution in [2.24, 2.45) is 5.10 Å². The molecule has 1 aromatic heterocycles. The number of hydrazone groups is 1. The van der Waals surface area contributed by atoms with Gasteiger partial charge in [-0.15, -0.1) is 0 Å². The van der Waals surface area contributed by atoms with Crippen molar-refractivity contribution in [1.29, 1.82) is 0 Å². The van der Waals surface area contributed by atoms with Crippen molar-refractivity contribution in [3.8, 4) is 11.3 Å². The van der Waals surface area contributed by atoms with Crippen LogP contribution in [0.1, 0.15) is 36.8 Å². The Morgan fingerprint density at radius 2 is 1.57 bits per heavy atom. The summed E-state index contributed by atoms with van der Waals surface area (Å²) in [5.74, 6) is -3.15. The van der Waals surface area contributed by atoms with Gasteiger partial charge in [-0.2, -0.15) is 5.10 Å². The number of nitrogens with zero attached hydrogens (tertiary/aromatic N) is 1. The minimum absolute atomic E-state index is 0.0790. The van der Waals surface area contributed by atoms with Crippen molar-refractivity contribution < 1.29 is 34.1 Å². The molecule has 0 saturated heterocycles. The summed E-state index contributed by atoms with van der Waals surface area (Å²) in [6.07, 6.45) is 1.32. The molecular formula is C20H13ClN2O7. The normalized spacial score (nSPS) is 10.8. The molecular weight excluding hydrogens is 416 g/mol. The van der Waals surface area contributed by atoms with Gasteiger partial charge in [0.15, 0.2) is 0 Å². The predicted molar refractivity (Wildman–Crippen MR) is 108 cm³/mol. The predicted octanol–water partition coefficient (Wildman–Crippen LogP) is 4.14. The monoisotopic (exact) mass is 428 g/mol. The summed E-state index contributed by atoms with van der Waals surface area (Å²) in [6, 6.07) is 11.0. The number of halogens is 1. The van der Waals surface area contributed by atoms with Crippen molar-refractivity contribution in [1.82, 2.24) is 0 Å². The molecule has 2 aromatic carbocycles. The number of carbonyl (C=O) groups is 3. The van der Waals surface area contributed by atoms with E-state index < -0.39 is 17.9 Å². The zero-order valence-corrected chi connectivity index (χ0v) is 15.8. The molecule has 0 atom stereocenters. The summed E-state index contributed by atoms with van der Waals surface area (Å²) in [5.41, 5.74) is 2.87. The van der Waals surface area contributed by atoms with Crippen molar-refractivity contribution in [3.05, 3.63) is 76.0 Å². The number of carboxylic acid groups (broad SMARTS) is 3. The molecule has 0 fully saturated rings. The van der Waals surface area contributed by atoms with E-state index in [1.54, 1.807) is 18.2 Å². The number of hydrogen-bond donors (Lipinski definition) is 4. The van der Waals surface area contributed by atoms with E-state index in [9.17, 15) is 14.4 Å². The number of benzene rings is 2. The van der Waals surface area contributed by atoms with Crippen LogP contribution in [-0.4, -0.2) is 39.4 Å². The highest BCUT2D eigenvalue weighted by Crippen LogP contribution is 2.25. The number of furan rings is 1. The fourth-order valence-corrected chi connectivity index (χ4v) is 2.72. The molecule has 4 N–H and O–H groups in total. The number of carboxylic acids is 3.